The van der Waals surface area contributed by atoms with Gasteiger partial charge in [0, 0.05) is 12.0 Å². The number of rotatable bonds is 3. The highest BCUT2D eigenvalue weighted by molar-refractivity contribution is 5.69. The van der Waals surface area contributed by atoms with Gasteiger partial charge in [0.05, 0.1) is 0 Å². The molecule has 1 fully saturated rings. The Bertz CT molecular complexity index is 310. The number of ether oxygens (including phenoxy) is 1. The van der Waals surface area contributed by atoms with Crippen LogP contribution in [0.25, 0.3) is 0 Å². The van der Waals surface area contributed by atoms with E-state index in [9.17, 15) is 4.79 Å². The van der Waals surface area contributed by atoms with Crippen molar-refractivity contribution < 1.29 is 9.53 Å². The first-order valence-corrected chi connectivity index (χ1v) is 5.66. The van der Waals surface area contributed by atoms with Crippen LogP contribution in [0.5, 0.6) is 0 Å². The van der Waals surface area contributed by atoms with Crippen LogP contribution in [-0.4, -0.2) is 17.2 Å². The van der Waals surface area contributed by atoms with Crippen LogP contribution in [0.15, 0.2) is 0 Å². The third-order valence-electron chi connectivity index (χ3n) is 2.41. The molecule has 0 radical (unpaired) electrons. The SMILES string of the molecule is CC(C)(C)NC(=O)OC(C)(C#N)CC1CC1. The molecule has 0 aliphatic heterocycles. The molecule has 1 N–H and O–H groups in total. The van der Waals surface area contributed by atoms with Crippen molar-refractivity contribution >= 4 is 6.09 Å². The number of amides is 1. The Balaban J connectivity index is 2.49. The quantitative estimate of drug-likeness (QED) is 0.801. The van der Waals surface area contributed by atoms with Crippen molar-refractivity contribution in [2.24, 2.45) is 5.92 Å². The van der Waals surface area contributed by atoms with Gasteiger partial charge in [-0.3, -0.25) is 0 Å². The third-order valence-corrected chi connectivity index (χ3v) is 2.41. The van der Waals surface area contributed by atoms with Crippen LogP contribution in [0.1, 0.15) is 47.0 Å². The fourth-order valence-corrected chi connectivity index (χ4v) is 1.52. The number of carbonyl (C=O) groups excluding carboxylic acids is 1. The number of alkyl carbamates (subject to hydrolysis) is 1. The Morgan fingerprint density at radius 3 is 2.38 bits per heavy atom. The summed E-state index contributed by atoms with van der Waals surface area (Å²) in [5, 5.41) is 11.7. The highest BCUT2D eigenvalue weighted by atomic mass is 16.6. The van der Waals surface area contributed by atoms with Gasteiger partial charge in [-0.2, -0.15) is 5.26 Å². The zero-order chi connectivity index (χ0) is 12.4. The zero-order valence-electron chi connectivity index (χ0n) is 10.5. The van der Waals surface area contributed by atoms with E-state index in [0.717, 1.165) is 12.8 Å². The zero-order valence-corrected chi connectivity index (χ0v) is 10.5. The standard InChI is InChI=1S/C12H20N2O2/c1-11(2,3)14-10(15)16-12(4,8-13)7-9-5-6-9/h9H,5-7H2,1-4H3,(H,14,15). The third kappa shape index (κ3) is 4.52. The lowest BCUT2D eigenvalue weighted by Crippen LogP contribution is -2.44. The number of carbonyl (C=O) groups is 1. The van der Waals surface area contributed by atoms with E-state index in [0.29, 0.717) is 12.3 Å². The lowest BCUT2D eigenvalue weighted by molar-refractivity contribution is 0.0505. The number of hydrogen-bond donors (Lipinski definition) is 1. The van der Waals surface area contributed by atoms with E-state index in [4.69, 9.17) is 10.00 Å². The smallest absolute Gasteiger partial charge is 0.409 e. The minimum Gasteiger partial charge on any atom is -0.428 e. The summed E-state index contributed by atoms with van der Waals surface area (Å²) in [6.45, 7) is 7.30. The molecule has 1 saturated carbocycles. The van der Waals surface area contributed by atoms with E-state index >= 15 is 0 Å². The van der Waals surface area contributed by atoms with Crippen LogP contribution in [0, 0.1) is 17.2 Å². The van der Waals surface area contributed by atoms with Crippen LogP contribution < -0.4 is 5.32 Å². The molecule has 0 aromatic heterocycles. The molecule has 0 heterocycles. The van der Waals surface area contributed by atoms with Gasteiger partial charge in [0.25, 0.3) is 0 Å². The lowest BCUT2D eigenvalue weighted by atomic mass is 10.0. The Labute approximate surface area is 97.0 Å². The second-order valence-corrected chi connectivity index (χ2v) is 5.75. The fraction of sp³-hybridized carbons (Fsp3) is 0.833. The number of nitrogens with one attached hydrogen (secondary N) is 1. The first kappa shape index (κ1) is 12.8. The summed E-state index contributed by atoms with van der Waals surface area (Å²) >= 11 is 0. The van der Waals surface area contributed by atoms with E-state index in [2.05, 4.69) is 11.4 Å². The van der Waals surface area contributed by atoms with Crippen molar-refractivity contribution in [1.82, 2.24) is 5.32 Å². The van der Waals surface area contributed by atoms with Crippen LogP contribution >= 0.6 is 0 Å². The van der Waals surface area contributed by atoms with Gasteiger partial charge in [-0.15, -0.1) is 0 Å². The molecule has 0 spiro atoms. The molecule has 1 unspecified atom stereocenters. The van der Waals surface area contributed by atoms with Gasteiger partial charge in [-0.25, -0.2) is 4.79 Å². The molecule has 1 atom stereocenters. The molecule has 1 rings (SSSR count). The molecule has 90 valence electrons. The second kappa shape index (κ2) is 4.32. The molecule has 1 aliphatic rings. The summed E-state index contributed by atoms with van der Waals surface area (Å²) in [4.78, 5) is 11.6. The molecule has 4 nitrogen and oxygen atoms in total. The molecule has 1 aliphatic carbocycles. The van der Waals surface area contributed by atoms with Gasteiger partial charge in [-0.05, 0) is 46.5 Å². The van der Waals surface area contributed by atoms with Crippen LogP contribution in [0.3, 0.4) is 0 Å². The maximum absolute atomic E-state index is 11.6. The van der Waals surface area contributed by atoms with E-state index in [1.807, 2.05) is 20.8 Å². The monoisotopic (exact) mass is 224 g/mol. The van der Waals surface area contributed by atoms with Crippen molar-refractivity contribution in [2.75, 3.05) is 0 Å². The van der Waals surface area contributed by atoms with Gasteiger partial charge < -0.3 is 10.1 Å². The maximum atomic E-state index is 11.6. The van der Waals surface area contributed by atoms with Crippen molar-refractivity contribution in [3.63, 3.8) is 0 Å². The van der Waals surface area contributed by atoms with Crippen molar-refractivity contribution in [2.45, 2.75) is 58.1 Å². The molecule has 0 saturated heterocycles. The van der Waals surface area contributed by atoms with Gasteiger partial charge in [-0.1, -0.05) is 0 Å². The molecular weight excluding hydrogens is 204 g/mol. The summed E-state index contributed by atoms with van der Waals surface area (Å²) < 4.78 is 5.20. The molecule has 4 heteroatoms. The number of hydrogen-bond acceptors (Lipinski definition) is 3. The average Bonchev–Trinajstić information content (AvgIpc) is 2.84. The first-order chi connectivity index (χ1) is 7.24. The second-order valence-electron chi connectivity index (χ2n) is 5.75. The predicted octanol–water partition coefficient (Wildman–Crippen LogP) is 2.59. The van der Waals surface area contributed by atoms with Crippen molar-refractivity contribution in [3.05, 3.63) is 0 Å². The van der Waals surface area contributed by atoms with Crippen molar-refractivity contribution in [3.8, 4) is 6.07 Å². The summed E-state index contributed by atoms with van der Waals surface area (Å²) in [7, 11) is 0. The van der Waals surface area contributed by atoms with Crippen LogP contribution in [0.4, 0.5) is 4.79 Å². The molecule has 0 bridgehead atoms. The Hall–Kier alpha value is -1.24. The highest BCUT2D eigenvalue weighted by Gasteiger charge is 2.37. The number of nitrogens with zero attached hydrogens (tertiary/aromatic N) is 1. The van der Waals surface area contributed by atoms with Gasteiger partial charge >= 0.3 is 6.09 Å². The van der Waals surface area contributed by atoms with E-state index in [-0.39, 0.29) is 5.54 Å². The first-order valence-electron chi connectivity index (χ1n) is 5.66. The largest absolute Gasteiger partial charge is 0.428 e. The van der Waals surface area contributed by atoms with Gasteiger partial charge in [0.2, 0.25) is 0 Å². The topological polar surface area (TPSA) is 62.1 Å². The normalized spacial score (nSPS) is 19.4. The number of nitriles is 1. The average molecular weight is 224 g/mol. The molecular formula is C12H20N2O2. The minimum atomic E-state index is -0.990. The van der Waals surface area contributed by atoms with E-state index in [1.165, 1.54) is 0 Å². The van der Waals surface area contributed by atoms with Gasteiger partial charge in [0.15, 0.2) is 5.60 Å². The summed E-state index contributed by atoms with van der Waals surface area (Å²) in [6.07, 6.45) is 2.40. The van der Waals surface area contributed by atoms with Crippen LogP contribution in [0.2, 0.25) is 0 Å². The van der Waals surface area contributed by atoms with Crippen LogP contribution in [-0.2, 0) is 4.74 Å². The maximum Gasteiger partial charge on any atom is 0.409 e. The Kier molecular flexibility index (Phi) is 3.47. The molecule has 0 aromatic rings. The predicted molar refractivity (Wildman–Crippen MR) is 60.7 cm³/mol. The fourth-order valence-electron chi connectivity index (χ4n) is 1.52. The Morgan fingerprint density at radius 2 is 2.00 bits per heavy atom. The van der Waals surface area contributed by atoms with Crippen molar-refractivity contribution in [1.29, 1.82) is 5.26 Å². The minimum absolute atomic E-state index is 0.340. The van der Waals surface area contributed by atoms with E-state index < -0.39 is 11.7 Å². The Morgan fingerprint density at radius 1 is 1.44 bits per heavy atom. The molecule has 0 aromatic carbocycles. The summed E-state index contributed by atoms with van der Waals surface area (Å²) in [5.74, 6) is 0.548. The summed E-state index contributed by atoms with van der Waals surface area (Å²) in [6, 6.07) is 2.08. The van der Waals surface area contributed by atoms with Gasteiger partial charge in [0.1, 0.15) is 6.07 Å². The molecule has 16 heavy (non-hydrogen) atoms. The lowest BCUT2D eigenvalue weighted by Gasteiger charge is -2.26. The molecule has 1 amide bonds. The summed E-state index contributed by atoms with van der Waals surface area (Å²) in [5.41, 5.74) is -1.33. The van der Waals surface area contributed by atoms with E-state index in [1.54, 1.807) is 6.92 Å². The highest BCUT2D eigenvalue weighted by Crippen LogP contribution is 2.37.